The van der Waals surface area contributed by atoms with Gasteiger partial charge < -0.3 is 10.1 Å². The Kier molecular flexibility index (Phi) is 7.67. The summed E-state index contributed by atoms with van der Waals surface area (Å²) in [5.41, 5.74) is 1.11. The Morgan fingerprint density at radius 2 is 2.25 bits per heavy atom. The highest BCUT2D eigenvalue weighted by Crippen LogP contribution is 2.29. The van der Waals surface area contributed by atoms with Crippen molar-refractivity contribution in [1.29, 1.82) is 0 Å². The quantitative estimate of drug-likeness (QED) is 0.902. The molecule has 0 amide bonds. The normalized spacial score (nSPS) is 19.4. The van der Waals surface area contributed by atoms with Crippen LogP contribution in [0.1, 0.15) is 18.4 Å². The van der Waals surface area contributed by atoms with Crippen LogP contribution in [0.25, 0.3) is 0 Å². The molecule has 114 valence electrons. The van der Waals surface area contributed by atoms with Crippen LogP contribution >= 0.6 is 24.0 Å². The van der Waals surface area contributed by atoms with Gasteiger partial charge in [-0.15, -0.1) is 12.4 Å². The molecule has 1 unspecified atom stereocenters. The molecular formula is C15H24Cl2N2O. The number of rotatable bonds is 5. The van der Waals surface area contributed by atoms with Gasteiger partial charge in [0.05, 0.1) is 7.11 Å². The second-order valence-corrected chi connectivity index (χ2v) is 5.63. The van der Waals surface area contributed by atoms with Gasteiger partial charge in [-0.2, -0.15) is 0 Å². The van der Waals surface area contributed by atoms with E-state index in [1.54, 1.807) is 7.11 Å². The predicted molar refractivity (Wildman–Crippen MR) is 87.2 cm³/mol. The molecule has 1 saturated heterocycles. The summed E-state index contributed by atoms with van der Waals surface area (Å²) in [5, 5.41) is 4.08. The zero-order valence-corrected chi connectivity index (χ0v) is 13.8. The van der Waals surface area contributed by atoms with E-state index in [4.69, 9.17) is 16.3 Å². The molecule has 1 heterocycles. The summed E-state index contributed by atoms with van der Waals surface area (Å²) in [4.78, 5) is 2.48. The van der Waals surface area contributed by atoms with Crippen molar-refractivity contribution in [3.63, 3.8) is 0 Å². The minimum absolute atomic E-state index is 0. The maximum atomic E-state index is 6.31. The van der Waals surface area contributed by atoms with Crippen LogP contribution in [-0.2, 0) is 6.54 Å². The van der Waals surface area contributed by atoms with Crippen LogP contribution in [0.15, 0.2) is 18.2 Å². The topological polar surface area (TPSA) is 24.5 Å². The van der Waals surface area contributed by atoms with Gasteiger partial charge in [-0.05, 0) is 51.0 Å². The first-order valence-electron chi connectivity index (χ1n) is 6.93. The van der Waals surface area contributed by atoms with Gasteiger partial charge in [0.2, 0.25) is 0 Å². The molecule has 1 atom stereocenters. The summed E-state index contributed by atoms with van der Waals surface area (Å²) in [6, 6.07) is 5.86. The maximum Gasteiger partial charge on any atom is 0.124 e. The molecule has 1 aromatic carbocycles. The number of nitrogens with zero attached hydrogens (tertiary/aromatic N) is 1. The first-order valence-corrected chi connectivity index (χ1v) is 7.30. The summed E-state index contributed by atoms with van der Waals surface area (Å²) in [6.45, 7) is 4.25. The van der Waals surface area contributed by atoms with E-state index in [1.165, 1.54) is 12.8 Å². The van der Waals surface area contributed by atoms with Crippen LogP contribution < -0.4 is 10.1 Å². The molecular weight excluding hydrogens is 295 g/mol. The molecule has 3 nitrogen and oxygen atoms in total. The third-order valence-corrected chi connectivity index (χ3v) is 4.13. The van der Waals surface area contributed by atoms with E-state index in [0.29, 0.717) is 0 Å². The highest BCUT2D eigenvalue weighted by atomic mass is 35.5. The average Bonchev–Trinajstić information content (AvgIpc) is 2.42. The monoisotopic (exact) mass is 318 g/mol. The van der Waals surface area contributed by atoms with Crippen LogP contribution in [0.3, 0.4) is 0 Å². The molecule has 1 N–H and O–H groups in total. The van der Waals surface area contributed by atoms with E-state index in [-0.39, 0.29) is 12.4 Å². The molecule has 0 aliphatic carbocycles. The van der Waals surface area contributed by atoms with Gasteiger partial charge in [0.1, 0.15) is 5.75 Å². The average molecular weight is 319 g/mol. The molecule has 0 aromatic heterocycles. The number of halogens is 2. The maximum absolute atomic E-state index is 6.31. The summed E-state index contributed by atoms with van der Waals surface area (Å²) in [5.74, 6) is 1.63. The number of hydrogen-bond donors (Lipinski definition) is 1. The zero-order valence-electron chi connectivity index (χ0n) is 12.2. The van der Waals surface area contributed by atoms with E-state index in [1.807, 2.05) is 25.2 Å². The van der Waals surface area contributed by atoms with Crippen molar-refractivity contribution in [2.75, 3.05) is 33.8 Å². The van der Waals surface area contributed by atoms with Crippen LogP contribution in [0.2, 0.25) is 5.02 Å². The van der Waals surface area contributed by atoms with Crippen molar-refractivity contribution in [2.45, 2.75) is 19.4 Å². The van der Waals surface area contributed by atoms with Crippen LogP contribution in [-0.4, -0.2) is 38.7 Å². The van der Waals surface area contributed by atoms with Crippen molar-refractivity contribution in [2.24, 2.45) is 5.92 Å². The summed E-state index contributed by atoms with van der Waals surface area (Å²) in [7, 11) is 3.73. The Morgan fingerprint density at radius 1 is 1.45 bits per heavy atom. The largest absolute Gasteiger partial charge is 0.496 e. The first kappa shape index (κ1) is 17.6. The Labute approximate surface area is 133 Å². The minimum atomic E-state index is 0. The Morgan fingerprint density at radius 3 is 2.95 bits per heavy atom. The lowest BCUT2D eigenvalue weighted by Crippen LogP contribution is -2.38. The Hall–Kier alpha value is -0.480. The standard InChI is InChI=1S/C15H23ClN2O.ClH/c1-17-9-12-5-4-8-18(10-12)11-13-14(16)6-3-7-15(13)19-2;/h3,6-7,12,17H,4-5,8-11H2,1-2H3;1H. The first-order chi connectivity index (χ1) is 9.24. The lowest BCUT2D eigenvalue weighted by Gasteiger charge is -2.33. The Balaban J connectivity index is 0.00000200. The molecule has 1 aliphatic heterocycles. The summed E-state index contributed by atoms with van der Waals surface area (Å²) in [6.07, 6.45) is 2.58. The van der Waals surface area contributed by atoms with E-state index in [2.05, 4.69) is 10.2 Å². The van der Waals surface area contributed by atoms with Crippen molar-refractivity contribution in [3.05, 3.63) is 28.8 Å². The van der Waals surface area contributed by atoms with Gasteiger partial charge in [0.15, 0.2) is 0 Å². The molecule has 0 saturated carbocycles. The van der Waals surface area contributed by atoms with E-state index in [0.717, 1.165) is 48.4 Å². The van der Waals surface area contributed by atoms with Gasteiger partial charge in [0.25, 0.3) is 0 Å². The molecule has 1 aliphatic rings. The number of ether oxygens (including phenoxy) is 1. The Bertz CT molecular complexity index is 413. The van der Waals surface area contributed by atoms with E-state index < -0.39 is 0 Å². The fraction of sp³-hybridized carbons (Fsp3) is 0.600. The highest BCUT2D eigenvalue weighted by molar-refractivity contribution is 6.31. The minimum Gasteiger partial charge on any atom is -0.496 e. The number of nitrogens with one attached hydrogen (secondary N) is 1. The number of piperidine rings is 1. The van der Waals surface area contributed by atoms with Crippen molar-refractivity contribution < 1.29 is 4.74 Å². The van der Waals surface area contributed by atoms with E-state index >= 15 is 0 Å². The van der Waals surface area contributed by atoms with Crippen molar-refractivity contribution >= 4 is 24.0 Å². The molecule has 20 heavy (non-hydrogen) atoms. The smallest absolute Gasteiger partial charge is 0.124 e. The molecule has 1 fully saturated rings. The highest BCUT2D eigenvalue weighted by Gasteiger charge is 2.21. The molecule has 0 radical (unpaired) electrons. The fourth-order valence-electron chi connectivity index (χ4n) is 2.86. The van der Waals surface area contributed by atoms with Gasteiger partial charge in [-0.1, -0.05) is 17.7 Å². The number of hydrogen-bond acceptors (Lipinski definition) is 3. The number of benzene rings is 1. The molecule has 0 spiro atoms. The second kappa shape index (κ2) is 8.73. The SMILES string of the molecule is CNCC1CCCN(Cc2c(Cl)cccc2OC)C1.Cl. The molecule has 5 heteroatoms. The number of likely N-dealkylation sites (tertiary alicyclic amines) is 1. The van der Waals surface area contributed by atoms with Gasteiger partial charge in [-0.25, -0.2) is 0 Å². The third-order valence-electron chi connectivity index (χ3n) is 3.77. The molecule has 0 bridgehead atoms. The van der Waals surface area contributed by atoms with Crippen molar-refractivity contribution in [3.8, 4) is 5.75 Å². The lowest BCUT2D eigenvalue weighted by molar-refractivity contribution is 0.165. The molecule has 2 rings (SSSR count). The van der Waals surface area contributed by atoms with Gasteiger partial charge in [-0.3, -0.25) is 4.90 Å². The lowest BCUT2D eigenvalue weighted by atomic mass is 9.97. The summed E-state index contributed by atoms with van der Waals surface area (Å²) >= 11 is 6.31. The third kappa shape index (κ3) is 4.52. The summed E-state index contributed by atoms with van der Waals surface area (Å²) < 4.78 is 5.42. The van der Waals surface area contributed by atoms with Crippen LogP contribution in [0.4, 0.5) is 0 Å². The van der Waals surface area contributed by atoms with Gasteiger partial charge >= 0.3 is 0 Å². The number of methoxy groups -OCH3 is 1. The van der Waals surface area contributed by atoms with Crippen LogP contribution in [0, 0.1) is 5.92 Å². The molecule has 1 aromatic rings. The van der Waals surface area contributed by atoms with Gasteiger partial charge in [0, 0.05) is 23.7 Å². The zero-order chi connectivity index (χ0) is 13.7. The second-order valence-electron chi connectivity index (χ2n) is 5.22. The van der Waals surface area contributed by atoms with E-state index in [9.17, 15) is 0 Å². The predicted octanol–water partition coefficient (Wildman–Crippen LogP) is 3.20. The van der Waals surface area contributed by atoms with Crippen LogP contribution in [0.5, 0.6) is 5.75 Å². The fourth-order valence-corrected chi connectivity index (χ4v) is 3.08. The van der Waals surface area contributed by atoms with Crippen molar-refractivity contribution in [1.82, 2.24) is 10.2 Å².